The first-order valence-corrected chi connectivity index (χ1v) is 7.06. The lowest BCUT2D eigenvalue weighted by atomic mass is 10.1. The van der Waals surface area contributed by atoms with E-state index in [9.17, 15) is 18.0 Å². The molecule has 122 valence electrons. The van der Waals surface area contributed by atoms with Gasteiger partial charge in [0.2, 0.25) is 0 Å². The van der Waals surface area contributed by atoms with E-state index in [0.29, 0.717) is 13.0 Å². The van der Waals surface area contributed by atoms with Crippen LogP contribution in [0.15, 0.2) is 54.6 Å². The van der Waals surface area contributed by atoms with Crippen LogP contribution in [0.5, 0.6) is 5.75 Å². The van der Waals surface area contributed by atoms with E-state index in [1.54, 1.807) is 0 Å². The predicted molar refractivity (Wildman–Crippen MR) is 80.1 cm³/mol. The van der Waals surface area contributed by atoms with E-state index >= 15 is 0 Å². The van der Waals surface area contributed by atoms with Crippen LogP contribution in [0.1, 0.15) is 11.1 Å². The van der Waals surface area contributed by atoms with E-state index in [2.05, 4.69) is 5.32 Å². The first kappa shape index (κ1) is 16.9. The highest BCUT2D eigenvalue weighted by Crippen LogP contribution is 2.31. The minimum Gasteiger partial charge on any atom is -0.484 e. The summed E-state index contributed by atoms with van der Waals surface area (Å²) < 4.78 is 42.8. The zero-order valence-electron chi connectivity index (χ0n) is 12.3. The van der Waals surface area contributed by atoms with Crippen molar-refractivity contribution in [3.05, 3.63) is 65.7 Å². The summed E-state index contributed by atoms with van der Waals surface area (Å²) in [6, 6.07) is 14.1. The molecule has 0 aliphatic rings. The summed E-state index contributed by atoms with van der Waals surface area (Å²) in [6.45, 7) is 0.116. The van der Waals surface area contributed by atoms with Crippen LogP contribution in [0.3, 0.4) is 0 Å². The zero-order valence-corrected chi connectivity index (χ0v) is 12.3. The Balaban J connectivity index is 1.76. The van der Waals surface area contributed by atoms with Gasteiger partial charge in [0.25, 0.3) is 5.91 Å². The largest absolute Gasteiger partial charge is 0.484 e. The lowest BCUT2D eigenvalue weighted by Crippen LogP contribution is -2.30. The molecule has 0 atom stereocenters. The van der Waals surface area contributed by atoms with Crippen LogP contribution >= 0.6 is 0 Å². The van der Waals surface area contributed by atoms with Gasteiger partial charge in [-0.2, -0.15) is 13.2 Å². The van der Waals surface area contributed by atoms with E-state index in [4.69, 9.17) is 4.74 Å². The molecule has 3 nitrogen and oxygen atoms in total. The zero-order chi connectivity index (χ0) is 16.7. The van der Waals surface area contributed by atoms with Crippen LogP contribution in [-0.2, 0) is 17.4 Å². The summed E-state index contributed by atoms with van der Waals surface area (Å²) in [5.74, 6) is -0.364. The lowest BCUT2D eigenvalue weighted by molar-refractivity contribution is -0.137. The van der Waals surface area contributed by atoms with Crippen molar-refractivity contribution in [1.82, 2.24) is 5.32 Å². The monoisotopic (exact) mass is 323 g/mol. The van der Waals surface area contributed by atoms with Gasteiger partial charge in [0.15, 0.2) is 6.61 Å². The maximum Gasteiger partial charge on any atom is 0.416 e. The average molecular weight is 323 g/mol. The number of carbonyl (C=O) groups is 1. The van der Waals surface area contributed by atoms with Gasteiger partial charge < -0.3 is 10.1 Å². The normalized spacial score (nSPS) is 11.1. The molecule has 2 aromatic rings. The van der Waals surface area contributed by atoms with Gasteiger partial charge in [-0.3, -0.25) is 4.79 Å². The number of hydrogen-bond acceptors (Lipinski definition) is 2. The van der Waals surface area contributed by atoms with E-state index in [-0.39, 0.29) is 18.3 Å². The van der Waals surface area contributed by atoms with E-state index in [1.165, 1.54) is 12.1 Å². The molecule has 2 rings (SSSR count). The van der Waals surface area contributed by atoms with Crippen molar-refractivity contribution >= 4 is 5.91 Å². The number of alkyl halides is 3. The SMILES string of the molecule is O=C(COc1cccc(C(F)(F)F)c1)NCCc1ccccc1. The Labute approximate surface area is 132 Å². The summed E-state index contributed by atoms with van der Waals surface area (Å²) in [4.78, 5) is 11.6. The Morgan fingerprint density at radius 3 is 2.48 bits per heavy atom. The van der Waals surface area contributed by atoms with Gasteiger partial charge in [0, 0.05) is 6.54 Å². The second-order valence-corrected chi connectivity index (χ2v) is 4.90. The first-order chi connectivity index (χ1) is 10.9. The molecule has 0 fully saturated rings. The fraction of sp³-hybridized carbons (Fsp3) is 0.235. The van der Waals surface area contributed by atoms with E-state index < -0.39 is 11.7 Å². The molecule has 0 aromatic heterocycles. The lowest BCUT2D eigenvalue weighted by Gasteiger charge is -2.10. The van der Waals surface area contributed by atoms with Gasteiger partial charge in [-0.25, -0.2) is 0 Å². The summed E-state index contributed by atoms with van der Waals surface area (Å²) in [5.41, 5.74) is 0.283. The van der Waals surface area contributed by atoms with Gasteiger partial charge >= 0.3 is 6.18 Å². The van der Waals surface area contributed by atoms with Crippen LogP contribution in [0.4, 0.5) is 13.2 Å². The van der Waals surface area contributed by atoms with Gasteiger partial charge in [-0.05, 0) is 30.2 Å². The van der Waals surface area contributed by atoms with Crippen molar-refractivity contribution in [3.8, 4) is 5.75 Å². The fourth-order valence-corrected chi connectivity index (χ4v) is 1.95. The van der Waals surface area contributed by atoms with Gasteiger partial charge in [0.05, 0.1) is 5.56 Å². The standard InChI is InChI=1S/C17H16F3NO2/c18-17(19,20)14-7-4-8-15(11-14)23-12-16(22)21-10-9-13-5-2-1-3-6-13/h1-8,11H,9-10,12H2,(H,21,22). The summed E-state index contributed by atoms with van der Waals surface area (Å²) >= 11 is 0. The average Bonchev–Trinajstić information content (AvgIpc) is 2.53. The second kappa shape index (κ2) is 7.67. The van der Waals surface area contributed by atoms with Crippen LogP contribution < -0.4 is 10.1 Å². The third kappa shape index (κ3) is 5.65. The smallest absolute Gasteiger partial charge is 0.416 e. The summed E-state index contributed by atoms with van der Waals surface area (Å²) in [7, 11) is 0. The minimum atomic E-state index is -4.43. The first-order valence-electron chi connectivity index (χ1n) is 7.06. The number of halogens is 3. The number of carbonyl (C=O) groups excluding carboxylic acids is 1. The quantitative estimate of drug-likeness (QED) is 0.884. The van der Waals surface area contributed by atoms with Crippen molar-refractivity contribution in [3.63, 3.8) is 0 Å². The number of benzene rings is 2. The molecular formula is C17H16F3NO2. The molecule has 23 heavy (non-hydrogen) atoms. The molecule has 0 spiro atoms. The van der Waals surface area contributed by atoms with Gasteiger partial charge in [-0.1, -0.05) is 36.4 Å². The maximum absolute atomic E-state index is 12.6. The molecule has 0 radical (unpaired) electrons. The Bertz CT molecular complexity index is 642. The van der Waals surface area contributed by atoms with Gasteiger partial charge in [0.1, 0.15) is 5.75 Å². The van der Waals surface area contributed by atoms with Crippen LogP contribution in [0.2, 0.25) is 0 Å². The highest BCUT2D eigenvalue weighted by molar-refractivity contribution is 5.77. The van der Waals surface area contributed by atoms with Crippen molar-refractivity contribution in [2.45, 2.75) is 12.6 Å². The molecule has 0 saturated carbocycles. The number of ether oxygens (including phenoxy) is 1. The molecule has 0 heterocycles. The van der Waals surface area contributed by atoms with E-state index in [1.807, 2.05) is 30.3 Å². The highest BCUT2D eigenvalue weighted by atomic mass is 19.4. The summed E-state index contributed by atoms with van der Waals surface area (Å²) in [6.07, 6.45) is -3.76. The molecule has 1 N–H and O–H groups in total. The molecule has 0 saturated heterocycles. The molecule has 0 unspecified atom stereocenters. The Morgan fingerprint density at radius 1 is 1.04 bits per heavy atom. The van der Waals surface area contributed by atoms with E-state index in [0.717, 1.165) is 17.7 Å². The second-order valence-electron chi connectivity index (χ2n) is 4.90. The van der Waals surface area contributed by atoms with Crippen LogP contribution in [-0.4, -0.2) is 19.1 Å². The molecule has 1 amide bonds. The van der Waals surface area contributed by atoms with Gasteiger partial charge in [-0.15, -0.1) is 0 Å². The molecule has 6 heteroatoms. The Morgan fingerprint density at radius 2 is 1.78 bits per heavy atom. The molecule has 2 aromatic carbocycles. The third-order valence-electron chi connectivity index (χ3n) is 3.11. The molecule has 0 aliphatic heterocycles. The van der Waals surface area contributed by atoms with Crippen LogP contribution in [0.25, 0.3) is 0 Å². The summed E-state index contributed by atoms with van der Waals surface area (Å²) in [5, 5.41) is 2.66. The van der Waals surface area contributed by atoms with Crippen molar-refractivity contribution in [2.24, 2.45) is 0 Å². The number of rotatable bonds is 6. The molecule has 0 aliphatic carbocycles. The van der Waals surface area contributed by atoms with Crippen molar-refractivity contribution in [1.29, 1.82) is 0 Å². The molecular weight excluding hydrogens is 307 g/mol. The van der Waals surface area contributed by atoms with Crippen LogP contribution in [0, 0.1) is 0 Å². The fourth-order valence-electron chi connectivity index (χ4n) is 1.95. The third-order valence-corrected chi connectivity index (χ3v) is 3.11. The maximum atomic E-state index is 12.6. The molecule has 0 bridgehead atoms. The van der Waals surface area contributed by atoms with Crippen molar-refractivity contribution < 1.29 is 22.7 Å². The number of nitrogens with one attached hydrogen (secondary N) is 1. The number of hydrogen-bond donors (Lipinski definition) is 1. The Kier molecular flexibility index (Phi) is 5.62. The van der Waals surface area contributed by atoms with Crippen molar-refractivity contribution in [2.75, 3.05) is 13.2 Å². The highest BCUT2D eigenvalue weighted by Gasteiger charge is 2.30. The number of amides is 1. The predicted octanol–water partition coefficient (Wildman–Crippen LogP) is 3.44. The minimum absolute atomic E-state index is 0.0121. The topological polar surface area (TPSA) is 38.3 Å². The Hall–Kier alpha value is -2.50.